The van der Waals surface area contributed by atoms with E-state index in [1.165, 1.54) is 23.9 Å². The summed E-state index contributed by atoms with van der Waals surface area (Å²) < 4.78 is 34.5. The van der Waals surface area contributed by atoms with Crippen LogP contribution in [0.15, 0.2) is 58.1 Å². The lowest BCUT2D eigenvalue weighted by molar-refractivity contribution is 0.324. The van der Waals surface area contributed by atoms with Gasteiger partial charge in [0, 0.05) is 11.1 Å². The van der Waals surface area contributed by atoms with Gasteiger partial charge >= 0.3 is 0 Å². The molecule has 0 unspecified atom stereocenters. The van der Waals surface area contributed by atoms with Crippen LogP contribution in [0.25, 0.3) is 22.6 Å². The van der Waals surface area contributed by atoms with E-state index in [0.29, 0.717) is 51.0 Å². The highest BCUT2D eigenvalue weighted by molar-refractivity contribution is 7.98. The minimum atomic E-state index is -0.292. The summed E-state index contributed by atoms with van der Waals surface area (Å²) in [7, 11) is 4.63. The van der Waals surface area contributed by atoms with Crippen molar-refractivity contribution in [2.75, 3.05) is 21.3 Å². The van der Waals surface area contributed by atoms with Crippen LogP contribution < -0.4 is 14.2 Å². The molecule has 10 heteroatoms. The number of ether oxygens (including phenoxy) is 3. The number of nitrogens with zero attached hydrogens (tertiary/aromatic N) is 4. The number of methoxy groups -OCH3 is 3. The quantitative estimate of drug-likeness (QED) is 0.353. The van der Waals surface area contributed by atoms with E-state index in [1.54, 1.807) is 45.6 Å². The van der Waals surface area contributed by atoms with Crippen LogP contribution in [0.4, 0.5) is 4.39 Å². The fraction of sp³-hybridized carbons (Fsp3) is 0.182. The van der Waals surface area contributed by atoms with Gasteiger partial charge in [0.1, 0.15) is 10.8 Å². The van der Waals surface area contributed by atoms with Gasteiger partial charge < -0.3 is 18.7 Å². The Labute approximate surface area is 187 Å². The molecule has 0 bridgehead atoms. The lowest BCUT2D eigenvalue weighted by Gasteiger charge is -2.12. The molecule has 164 valence electrons. The largest absolute Gasteiger partial charge is 0.493 e. The van der Waals surface area contributed by atoms with E-state index in [0.717, 1.165) is 5.56 Å². The van der Waals surface area contributed by atoms with Crippen molar-refractivity contribution in [1.29, 1.82) is 0 Å². The molecule has 2 heterocycles. The van der Waals surface area contributed by atoms with Gasteiger partial charge in [-0.3, -0.25) is 0 Å². The highest BCUT2D eigenvalue weighted by Crippen LogP contribution is 2.40. The van der Waals surface area contributed by atoms with Crippen LogP contribution >= 0.6 is 11.8 Å². The number of rotatable bonds is 8. The summed E-state index contributed by atoms with van der Waals surface area (Å²) >= 11 is 1.41. The minimum absolute atomic E-state index is 0.292. The second kappa shape index (κ2) is 9.65. The predicted octanol–water partition coefficient (Wildman–Crippen LogP) is 4.65. The summed E-state index contributed by atoms with van der Waals surface area (Å²) in [4.78, 5) is 4.44. The molecule has 0 N–H and O–H groups in total. The maximum Gasteiger partial charge on any atom is 0.237 e. The Morgan fingerprint density at radius 3 is 2.19 bits per heavy atom. The molecule has 0 atom stereocenters. The maximum atomic E-state index is 13.1. The van der Waals surface area contributed by atoms with Crippen LogP contribution in [-0.2, 0) is 5.75 Å². The number of thioether (sulfide) groups is 1. The Bertz CT molecular complexity index is 1170. The summed E-state index contributed by atoms with van der Waals surface area (Å²) in [6, 6.07) is 13.3. The summed E-state index contributed by atoms with van der Waals surface area (Å²) in [5.74, 6) is 2.45. The van der Waals surface area contributed by atoms with Gasteiger partial charge in [-0.2, -0.15) is 4.98 Å². The van der Waals surface area contributed by atoms with Gasteiger partial charge in [0.2, 0.25) is 17.5 Å². The molecule has 2 aromatic carbocycles. The average Bonchev–Trinajstić information content (AvgIpc) is 3.31. The number of hydrogen-bond acceptors (Lipinski definition) is 9. The van der Waals surface area contributed by atoms with Crippen LogP contribution in [0.2, 0.25) is 0 Å². The molecule has 0 aliphatic heterocycles. The highest BCUT2D eigenvalue weighted by atomic mass is 32.2. The molecular formula is C22H19FN4O4S. The van der Waals surface area contributed by atoms with E-state index in [2.05, 4.69) is 20.3 Å². The van der Waals surface area contributed by atoms with Crippen molar-refractivity contribution >= 4 is 11.8 Å². The lowest BCUT2D eigenvalue weighted by Crippen LogP contribution is -1.96. The van der Waals surface area contributed by atoms with Gasteiger partial charge in [0.25, 0.3) is 0 Å². The van der Waals surface area contributed by atoms with E-state index in [-0.39, 0.29) is 5.82 Å². The zero-order chi connectivity index (χ0) is 22.5. The SMILES string of the molecule is COc1cc(-c2noc(CSc3ccc(-c4ccc(F)cc4)nn3)n2)cc(OC)c1OC. The fourth-order valence-corrected chi connectivity index (χ4v) is 3.60. The number of benzene rings is 2. The van der Waals surface area contributed by atoms with Crippen molar-refractivity contribution < 1.29 is 23.1 Å². The minimum Gasteiger partial charge on any atom is -0.493 e. The highest BCUT2D eigenvalue weighted by Gasteiger charge is 2.17. The zero-order valence-corrected chi connectivity index (χ0v) is 18.4. The van der Waals surface area contributed by atoms with Crippen LogP contribution in [0, 0.1) is 5.82 Å². The van der Waals surface area contributed by atoms with Crippen LogP contribution in [0.5, 0.6) is 17.2 Å². The first-order chi connectivity index (χ1) is 15.6. The molecule has 8 nitrogen and oxygen atoms in total. The molecule has 0 aliphatic carbocycles. The zero-order valence-electron chi connectivity index (χ0n) is 17.5. The summed E-state index contributed by atoms with van der Waals surface area (Å²) in [6.07, 6.45) is 0. The molecule has 0 aliphatic rings. The Hall–Kier alpha value is -3.66. The standard InChI is InChI=1S/C22H19FN4O4S/c1-28-17-10-14(11-18(29-2)21(17)30-3)22-24-19(31-27-22)12-32-20-9-8-16(25-26-20)13-4-6-15(23)7-5-13/h4-11H,12H2,1-3H3. The number of halogens is 1. The Morgan fingerprint density at radius 2 is 1.59 bits per heavy atom. The first-order valence-electron chi connectivity index (χ1n) is 9.46. The molecule has 4 rings (SSSR count). The van der Waals surface area contributed by atoms with E-state index in [9.17, 15) is 4.39 Å². The van der Waals surface area contributed by atoms with E-state index < -0.39 is 0 Å². The van der Waals surface area contributed by atoms with Gasteiger partial charge in [-0.15, -0.1) is 10.2 Å². The summed E-state index contributed by atoms with van der Waals surface area (Å²) in [5, 5.41) is 13.1. The maximum absolute atomic E-state index is 13.1. The number of hydrogen-bond donors (Lipinski definition) is 0. The summed E-state index contributed by atoms with van der Waals surface area (Å²) in [6.45, 7) is 0. The van der Waals surface area contributed by atoms with Crippen LogP contribution in [0.3, 0.4) is 0 Å². The van der Waals surface area contributed by atoms with Crippen molar-refractivity contribution in [2.45, 2.75) is 10.8 Å². The van der Waals surface area contributed by atoms with Crippen molar-refractivity contribution in [3.8, 4) is 39.9 Å². The molecule has 4 aromatic rings. The van der Waals surface area contributed by atoms with E-state index in [4.69, 9.17) is 18.7 Å². The van der Waals surface area contributed by atoms with Gasteiger partial charge in [0.15, 0.2) is 11.5 Å². The molecular weight excluding hydrogens is 435 g/mol. The van der Waals surface area contributed by atoms with Gasteiger partial charge in [-0.05, 0) is 48.5 Å². The Kier molecular flexibility index (Phi) is 6.50. The third kappa shape index (κ3) is 4.65. The topological polar surface area (TPSA) is 92.4 Å². The first kappa shape index (κ1) is 21.6. The van der Waals surface area contributed by atoms with E-state index in [1.807, 2.05) is 12.1 Å². The first-order valence-corrected chi connectivity index (χ1v) is 10.4. The third-order valence-corrected chi connectivity index (χ3v) is 5.42. The molecule has 0 saturated carbocycles. The van der Waals surface area contributed by atoms with Crippen molar-refractivity contribution in [3.63, 3.8) is 0 Å². The molecule has 0 radical (unpaired) electrons. The molecule has 2 aromatic heterocycles. The van der Waals surface area contributed by atoms with Gasteiger partial charge in [-0.1, -0.05) is 16.9 Å². The van der Waals surface area contributed by atoms with Crippen molar-refractivity contribution in [1.82, 2.24) is 20.3 Å². The normalized spacial score (nSPS) is 10.8. The van der Waals surface area contributed by atoms with Gasteiger partial charge in [0.05, 0.1) is 32.8 Å². The monoisotopic (exact) mass is 454 g/mol. The molecule has 0 fully saturated rings. The third-order valence-electron chi connectivity index (χ3n) is 4.51. The van der Waals surface area contributed by atoms with E-state index >= 15 is 0 Å². The lowest BCUT2D eigenvalue weighted by atomic mass is 10.1. The fourth-order valence-electron chi connectivity index (χ4n) is 2.95. The van der Waals surface area contributed by atoms with Crippen molar-refractivity contribution in [2.24, 2.45) is 0 Å². The Morgan fingerprint density at radius 1 is 0.875 bits per heavy atom. The molecule has 0 saturated heterocycles. The number of aromatic nitrogens is 4. The molecule has 0 spiro atoms. The summed E-state index contributed by atoms with van der Waals surface area (Å²) in [5.41, 5.74) is 2.13. The predicted molar refractivity (Wildman–Crippen MR) is 116 cm³/mol. The van der Waals surface area contributed by atoms with Gasteiger partial charge in [-0.25, -0.2) is 4.39 Å². The average molecular weight is 454 g/mol. The second-order valence-electron chi connectivity index (χ2n) is 6.48. The van der Waals surface area contributed by atoms with Crippen LogP contribution in [0.1, 0.15) is 5.89 Å². The van der Waals surface area contributed by atoms with Crippen LogP contribution in [-0.4, -0.2) is 41.7 Å². The molecule has 0 amide bonds. The Balaban J connectivity index is 1.45. The smallest absolute Gasteiger partial charge is 0.237 e. The molecule has 32 heavy (non-hydrogen) atoms. The van der Waals surface area contributed by atoms with Crippen molar-refractivity contribution in [3.05, 3.63) is 60.2 Å². The second-order valence-corrected chi connectivity index (χ2v) is 7.47.